The summed E-state index contributed by atoms with van der Waals surface area (Å²) in [6, 6.07) is 9.01. The Bertz CT molecular complexity index is 974. The Hall–Kier alpha value is -3.29. The van der Waals surface area contributed by atoms with Crippen molar-refractivity contribution in [3.05, 3.63) is 42.1 Å². The summed E-state index contributed by atoms with van der Waals surface area (Å²) in [5, 5.41) is 2.96. The third kappa shape index (κ3) is 4.79. The van der Waals surface area contributed by atoms with Gasteiger partial charge in [0.2, 0.25) is 17.7 Å². The fraction of sp³-hybridized carbons (Fsp3) is 0.458. The van der Waals surface area contributed by atoms with Crippen LogP contribution in [0.5, 0.6) is 17.4 Å². The van der Waals surface area contributed by atoms with Crippen molar-refractivity contribution < 1.29 is 23.8 Å². The second kappa shape index (κ2) is 9.89. The predicted molar refractivity (Wildman–Crippen MR) is 119 cm³/mol. The van der Waals surface area contributed by atoms with Crippen molar-refractivity contribution in [3.8, 4) is 17.4 Å². The predicted octanol–water partition coefficient (Wildman–Crippen LogP) is 3.09. The van der Waals surface area contributed by atoms with E-state index >= 15 is 0 Å². The zero-order chi connectivity index (χ0) is 22.5. The summed E-state index contributed by atoms with van der Waals surface area (Å²) in [4.78, 5) is 31.5. The molecule has 1 saturated heterocycles. The fourth-order valence-electron chi connectivity index (χ4n) is 4.28. The lowest BCUT2D eigenvalue weighted by Crippen LogP contribution is -2.33. The van der Waals surface area contributed by atoms with Crippen LogP contribution in [0.15, 0.2) is 36.5 Å². The van der Waals surface area contributed by atoms with Gasteiger partial charge in [-0.3, -0.25) is 9.59 Å². The number of anilines is 1. The van der Waals surface area contributed by atoms with Gasteiger partial charge in [-0.05, 0) is 43.9 Å². The number of benzene rings is 1. The third-order valence-electron chi connectivity index (χ3n) is 6.06. The molecule has 2 aromatic rings. The number of hydrogen-bond acceptors (Lipinski definition) is 6. The molecular weight excluding hydrogens is 410 g/mol. The van der Waals surface area contributed by atoms with Crippen molar-refractivity contribution >= 4 is 17.5 Å². The van der Waals surface area contributed by atoms with Gasteiger partial charge in [-0.2, -0.15) is 0 Å². The van der Waals surface area contributed by atoms with Gasteiger partial charge in [0.1, 0.15) is 17.6 Å². The van der Waals surface area contributed by atoms with E-state index in [0.717, 1.165) is 18.4 Å². The van der Waals surface area contributed by atoms with Crippen molar-refractivity contribution in [1.29, 1.82) is 0 Å². The number of methoxy groups -OCH3 is 2. The first kappa shape index (κ1) is 21.9. The number of carbonyl (C=O) groups is 2. The van der Waals surface area contributed by atoms with E-state index in [1.807, 2.05) is 12.1 Å². The van der Waals surface area contributed by atoms with Crippen molar-refractivity contribution in [2.24, 2.45) is 5.92 Å². The first-order valence-corrected chi connectivity index (χ1v) is 11.0. The van der Waals surface area contributed by atoms with Crippen LogP contribution in [0.4, 0.5) is 5.69 Å². The maximum atomic E-state index is 12.9. The molecular formula is C24H29N3O5. The Labute approximate surface area is 187 Å². The van der Waals surface area contributed by atoms with Gasteiger partial charge in [-0.1, -0.05) is 6.07 Å². The number of nitrogens with zero attached hydrogens (tertiary/aromatic N) is 2. The van der Waals surface area contributed by atoms with E-state index in [0.29, 0.717) is 29.6 Å². The highest BCUT2D eigenvalue weighted by Gasteiger charge is 2.36. The molecule has 2 amide bonds. The van der Waals surface area contributed by atoms with Crippen LogP contribution in [0.1, 0.15) is 37.7 Å². The monoisotopic (exact) mass is 439 g/mol. The molecule has 170 valence electrons. The van der Waals surface area contributed by atoms with Crippen LogP contribution >= 0.6 is 0 Å². The number of carbonyl (C=O) groups excluding carboxylic acids is 2. The van der Waals surface area contributed by atoms with Crippen LogP contribution in [-0.4, -0.2) is 43.7 Å². The summed E-state index contributed by atoms with van der Waals surface area (Å²) >= 11 is 0. The minimum atomic E-state index is -0.450. The number of pyridine rings is 1. The molecule has 1 aromatic carbocycles. The van der Waals surface area contributed by atoms with Gasteiger partial charge in [0.05, 0.1) is 25.8 Å². The summed E-state index contributed by atoms with van der Waals surface area (Å²) in [5.74, 6) is 1.01. The first-order chi connectivity index (χ1) is 15.6. The lowest BCUT2D eigenvalue weighted by atomic mass is 10.1. The molecule has 4 rings (SSSR count). The zero-order valence-corrected chi connectivity index (χ0v) is 18.5. The standard InChI is InChI=1S/C24H29N3O5/c1-30-19-9-10-21(31-2)20(13-19)27-15-17(12-22(27)28)23(29)26-14-16-6-5-11-25-24(16)32-18-7-3-4-8-18/h5-6,9-11,13,17-18H,3-4,7-8,12,14-15H2,1-2H3,(H,26,29). The lowest BCUT2D eigenvalue weighted by molar-refractivity contribution is -0.126. The molecule has 0 spiro atoms. The topological polar surface area (TPSA) is 90.0 Å². The second-order valence-electron chi connectivity index (χ2n) is 8.15. The van der Waals surface area contributed by atoms with E-state index in [1.54, 1.807) is 43.5 Å². The molecule has 2 heterocycles. The van der Waals surface area contributed by atoms with Crippen molar-refractivity contribution in [2.45, 2.75) is 44.8 Å². The van der Waals surface area contributed by atoms with Gasteiger partial charge in [0.15, 0.2) is 0 Å². The average molecular weight is 440 g/mol. The molecule has 1 saturated carbocycles. The molecule has 32 heavy (non-hydrogen) atoms. The molecule has 1 aliphatic heterocycles. The molecule has 0 radical (unpaired) electrons. The third-order valence-corrected chi connectivity index (χ3v) is 6.06. The minimum Gasteiger partial charge on any atom is -0.497 e. The van der Waals surface area contributed by atoms with Crippen LogP contribution in [0.2, 0.25) is 0 Å². The summed E-state index contributed by atoms with van der Waals surface area (Å²) in [6.45, 7) is 0.592. The van der Waals surface area contributed by atoms with Gasteiger partial charge in [0, 0.05) is 37.3 Å². The molecule has 8 nitrogen and oxygen atoms in total. The Kier molecular flexibility index (Phi) is 6.78. The molecule has 1 N–H and O–H groups in total. The van der Waals surface area contributed by atoms with Gasteiger partial charge < -0.3 is 24.4 Å². The normalized spacial score (nSPS) is 18.6. The van der Waals surface area contributed by atoms with E-state index < -0.39 is 5.92 Å². The Morgan fingerprint density at radius 2 is 2.00 bits per heavy atom. The quantitative estimate of drug-likeness (QED) is 0.680. The number of nitrogens with one attached hydrogen (secondary N) is 1. The second-order valence-corrected chi connectivity index (χ2v) is 8.15. The number of ether oxygens (including phenoxy) is 3. The summed E-state index contributed by atoms with van der Waals surface area (Å²) in [6.07, 6.45) is 6.46. The largest absolute Gasteiger partial charge is 0.497 e. The molecule has 8 heteroatoms. The van der Waals surface area contributed by atoms with E-state index in [4.69, 9.17) is 14.2 Å². The van der Waals surface area contributed by atoms with Gasteiger partial charge in [-0.25, -0.2) is 4.98 Å². The van der Waals surface area contributed by atoms with Crippen molar-refractivity contribution in [3.63, 3.8) is 0 Å². The highest BCUT2D eigenvalue weighted by Crippen LogP contribution is 2.36. The van der Waals surface area contributed by atoms with Crippen molar-refractivity contribution in [1.82, 2.24) is 10.3 Å². The average Bonchev–Trinajstić information content (AvgIpc) is 3.47. The zero-order valence-electron chi connectivity index (χ0n) is 18.5. The number of aromatic nitrogens is 1. The molecule has 1 unspecified atom stereocenters. The first-order valence-electron chi connectivity index (χ1n) is 11.0. The van der Waals surface area contributed by atoms with E-state index in [9.17, 15) is 9.59 Å². The summed E-state index contributed by atoms with van der Waals surface area (Å²) in [7, 11) is 3.12. The Morgan fingerprint density at radius 1 is 1.19 bits per heavy atom. The molecule has 1 aliphatic carbocycles. The number of rotatable bonds is 8. The minimum absolute atomic E-state index is 0.122. The Balaban J connectivity index is 1.40. The van der Waals surface area contributed by atoms with E-state index in [2.05, 4.69) is 10.3 Å². The van der Waals surface area contributed by atoms with Gasteiger partial charge in [-0.15, -0.1) is 0 Å². The van der Waals surface area contributed by atoms with Crippen LogP contribution < -0.4 is 24.4 Å². The van der Waals surface area contributed by atoms with Gasteiger partial charge in [0.25, 0.3) is 0 Å². The van der Waals surface area contributed by atoms with Crippen LogP contribution in [0.3, 0.4) is 0 Å². The highest BCUT2D eigenvalue weighted by atomic mass is 16.5. The number of amides is 2. The molecule has 1 aromatic heterocycles. The van der Waals surface area contributed by atoms with E-state index in [1.165, 1.54) is 12.8 Å². The molecule has 1 atom stereocenters. The van der Waals surface area contributed by atoms with Gasteiger partial charge >= 0.3 is 0 Å². The summed E-state index contributed by atoms with van der Waals surface area (Å²) < 4.78 is 16.7. The molecule has 2 aliphatic rings. The lowest BCUT2D eigenvalue weighted by Gasteiger charge is -2.20. The van der Waals surface area contributed by atoms with E-state index in [-0.39, 0.29) is 30.9 Å². The molecule has 0 bridgehead atoms. The number of hydrogen-bond donors (Lipinski definition) is 1. The smallest absolute Gasteiger partial charge is 0.227 e. The van der Waals surface area contributed by atoms with Crippen molar-refractivity contribution in [2.75, 3.05) is 25.7 Å². The highest BCUT2D eigenvalue weighted by molar-refractivity contribution is 6.01. The van der Waals surface area contributed by atoms with Crippen LogP contribution in [0.25, 0.3) is 0 Å². The summed E-state index contributed by atoms with van der Waals surface area (Å²) in [5.41, 5.74) is 1.44. The van der Waals surface area contributed by atoms with Crippen LogP contribution in [-0.2, 0) is 16.1 Å². The molecule has 2 fully saturated rings. The Morgan fingerprint density at radius 3 is 2.75 bits per heavy atom. The SMILES string of the molecule is COc1ccc(OC)c(N2CC(C(=O)NCc3cccnc3OC3CCCC3)CC2=O)c1. The van der Waals surface area contributed by atoms with Crippen LogP contribution in [0, 0.1) is 5.92 Å². The fourth-order valence-corrected chi connectivity index (χ4v) is 4.28. The maximum absolute atomic E-state index is 12.9. The maximum Gasteiger partial charge on any atom is 0.227 e.